The van der Waals surface area contributed by atoms with Gasteiger partial charge in [-0.15, -0.1) is 0 Å². The summed E-state index contributed by atoms with van der Waals surface area (Å²) in [7, 11) is 0. The average molecular weight is 382 g/mol. The first-order chi connectivity index (χ1) is 13.1. The number of carbonyl (C=O) groups is 1. The first-order valence-electron chi connectivity index (χ1n) is 8.88. The first kappa shape index (κ1) is 19.0. The highest BCUT2D eigenvalue weighted by molar-refractivity contribution is 8.18. The smallest absolute Gasteiger partial charge is 0.264 e. The molecule has 1 heterocycles. The van der Waals surface area contributed by atoms with Gasteiger partial charge in [0.15, 0.2) is 5.17 Å². The highest BCUT2D eigenvalue weighted by atomic mass is 32.2. The van der Waals surface area contributed by atoms with Crippen molar-refractivity contribution in [3.8, 4) is 11.5 Å². The van der Waals surface area contributed by atoms with Crippen LogP contribution in [0.25, 0.3) is 6.08 Å². The van der Waals surface area contributed by atoms with Crippen molar-refractivity contribution in [2.45, 2.75) is 19.8 Å². The molecular weight excluding hydrogens is 360 g/mol. The Bertz CT molecular complexity index is 830. The van der Waals surface area contributed by atoms with Crippen molar-refractivity contribution in [2.24, 2.45) is 0 Å². The van der Waals surface area contributed by atoms with Crippen molar-refractivity contribution in [1.29, 1.82) is 5.41 Å². The summed E-state index contributed by atoms with van der Waals surface area (Å²) < 4.78 is 11.4. The molecule has 2 aromatic rings. The molecule has 3 rings (SSSR count). The number of amidine groups is 1. The minimum atomic E-state index is -0.227. The van der Waals surface area contributed by atoms with Crippen LogP contribution in [0.2, 0.25) is 0 Å². The van der Waals surface area contributed by atoms with E-state index in [1.165, 1.54) is 5.56 Å². The highest BCUT2D eigenvalue weighted by Crippen LogP contribution is 2.25. The van der Waals surface area contributed by atoms with Gasteiger partial charge in [0.1, 0.15) is 11.5 Å². The molecule has 27 heavy (non-hydrogen) atoms. The van der Waals surface area contributed by atoms with Crippen LogP contribution in [0, 0.1) is 5.41 Å². The Labute approximate surface area is 163 Å². The van der Waals surface area contributed by atoms with E-state index >= 15 is 0 Å². The summed E-state index contributed by atoms with van der Waals surface area (Å²) in [5.41, 5.74) is 2.20. The summed E-state index contributed by atoms with van der Waals surface area (Å²) in [6, 6.07) is 15.7. The van der Waals surface area contributed by atoms with Crippen LogP contribution < -0.4 is 14.8 Å². The maximum Gasteiger partial charge on any atom is 0.264 e. The third-order valence-corrected chi connectivity index (χ3v) is 4.83. The van der Waals surface area contributed by atoms with Crippen LogP contribution in [-0.2, 0) is 11.2 Å². The van der Waals surface area contributed by atoms with E-state index in [9.17, 15) is 4.79 Å². The van der Waals surface area contributed by atoms with Gasteiger partial charge in [-0.05, 0) is 59.7 Å². The average Bonchev–Trinajstić information content (AvgIpc) is 3.00. The normalized spacial score (nSPS) is 15.1. The van der Waals surface area contributed by atoms with Crippen molar-refractivity contribution >= 4 is 28.9 Å². The van der Waals surface area contributed by atoms with E-state index in [4.69, 9.17) is 14.9 Å². The third kappa shape index (κ3) is 5.62. The summed E-state index contributed by atoms with van der Waals surface area (Å²) in [6.45, 7) is 3.31. The van der Waals surface area contributed by atoms with Crippen LogP contribution in [0.3, 0.4) is 0 Å². The Kier molecular flexibility index (Phi) is 6.54. The van der Waals surface area contributed by atoms with E-state index in [0.29, 0.717) is 18.1 Å². The van der Waals surface area contributed by atoms with Gasteiger partial charge in [0.25, 0.3) is 5.91 Å². The molecule has 1 saturated heterocycles. The van der Waals surface area contributed by atoms with Crippen LogP contribution in [0.1, 0.15) is 24.5 Å². The minimum Gasteiger partial charge on any atom is -0.493 e. The summed E-state index contributed by atoms with van der Waals surface area (Å²) in [6.07, 6.45) is 3.59. The quantitative estimate of drug-likeness (QED) is 0.529. The second kappa shape index (κ2) is 9.28. The molecule has 0 aromatic heterocycles. The lowest BCUT2D eigenvalue weighted by Crippen LogP contribution is -2.18. The van der Waals surface area contributed by atoms with Gasteiger partial charge in [-0.2, -0.15) is 0 Å². The molecule has 6 heteroatoms. The highest BCUT2D eigenvalue weighted by Gasteiger charge is 2.21. The van der Waals surface area contributed by atoms with Gasteiger partial charge < -0.3 is 14.8 Å². The molecule has 1 fully saturated rings. The van der Waals surface area contributed by atoms with Gasteiger partial charge in [0.2, 0.25) is 0 Å². The summed E-state index contributed by atoms with van der Waals surface area (Å²) >= 11 is 1.13. The molecule has 0 saturated carbocycles. The van der Waals surface area contributed by atoms with Crippen LogP contribution in [0.5, 0.6) is 11.5 Å². The number of thioether (sulfide) groups is 1. The molecule has 0 aliphatic carbocycles. The molecule has 1 aliphatic heterocycles. The first-order valence-corrected chi connectivity index (χ1v) is 9.70. The molecule has 0 radical (unpaired) electrons. The molecule has 2 aromatic carbocycles. The number of carbonyl (C=O) groups excluding carboxylic acids is 1. The zero-order valence-corrected chi connectivity index (χ0v) is 16.0. The monoisotopic (exact) mass is 382 g/mol. The predicted molar refractivity (Wildman–Crippen MR) is 109 cm³/mol. The summed E-state index contributed by atoms with van der Waals surface area (Å²) in [5, 5.41) is 10.1. The van der Waals surface area contributed by atoms with Crippen molar-refractivity contribution in [2.75, 3.05) is 13.2 Å². The van der Waals surface area contributed by atoms with Gasteiger partial charge in [-0.1, -0.05) is 31.2 Å². The molecule has 0 bridgehead atoms. The Morgan fingerprint density at radius 1 is 1.00 bits per heavy atom. The lowest BCUT2D eigenvalue weighted by molar-refractivity contribution is -0.115. The second-order valence-corrected chi connectivity index (χ2v) is 7.06. The second-order valence-electron chi connectivity index (χ2n) is 6.01. The predicted octanol–water partition coefficient (Wildman–Crippen LogP) is 4.24. The van der Waals surface area contributed by atoms with Crippen LogP contribution in [0.15, 0.2) is 53.4 Å². The van der Waals surface area contributed by atoms with E-state index in [1.807, 2.05) is 36.4 Å². The zero-order chi connectivity index (χ0) is 19.1. The van der Waals surface area contributed by atoms with E-state index in [1.54, 1.807) is 6.08 Å². The fourth-order valence-electron chi connectivity index (χ4n) is 2.51. The topological polar surface area (TPSA) is 71.4 Å². The number of amides is 1. The van der Waals surface area contributed by atoms with Gasteiger partial charge in [-0.3, -0.25) is 10.2 Å². The SMILES string of the molecule is CCc1ccc(OCCCOc2ccc(C=C3SC(=N)NC3=O)cc2)cc1. The van der Waals surface area contributed by atoms with Crippen molar-refractivity contribution in [3.63, 3.8) is 0 Å². The maximum atomic E-state index is 11.6. The lowest BCUT2D eigenvalue weighted by atomic mass is 10.2. The number of nitrogens with one attached hydrogen (secondary N) is 2. The molecule has 0 spiro atoms. The number of aryl methyl sites for hydroxylation is 1. The largest absolute Gasteiger partial charge is 0.493 e. The van der Waals surface area contributed by atoms with Gasteiger partial charge >= 0.3 is 0 Å². The fraction of sp³-hybridized carbons (Fsp3) is 0.238. The lowest BCUT2D eigenvalue weighted by Gasteiger charge is -2.09. The summed E-state index contributed by atoms with van der Waals surface area (Å²) in [4.78, 5) is 12.1. The van der Waals surface area contributed by atoms with Crippen LogP contribution in [-0.4, -0.2) is 24.3 Å². The molecule has 2 N–H and O–H groups in total. The fourth-order valence-corrected chi connectivity index (χ4v) is 3.22. The number of benzene rings is 2. The third-order valence-electron chi connectivity index (χ3n) is 4.00. The van der Waals surface area contributed by atoms with Gasteiger partial charge in [0, 0.05) is 6.42 Å². The van der Waals surface area contributed by atoms with Crippen molar-refractivity contribution in [1.82, 2.24) is 5.32 Å². The minimum absolute atomic E-state index is 0.162. The van der Waals surface area contributed by atoms with Gasteiger partial charge in [0.05, 0.1) is 18.1 Å². The summed E-state index contributed by atoms with van der Waals surface area (Å²) in [5.74, 6) is 1.43. The van der Waals surface area contributed by atoms with Gasteiger partial charge in [-0.25, -0.2) is 0 Å². The number of ether oxygens (including phenoxy) is 2. The number of hydrogen-bond acceptors (Lipinski definition) is 5. The van der Waals surface area contributed by atoms with E-state index in [0.717, 1.165) is 41.7 Å². The van der Waals surface area contributed by atoms with Crippen molar-refractivity contribution in [3.05, 3.63) is 64.6 Å². The van der Waals surface area contributed by atoms with Crippen molar-refractivity contribution < 1.29 is 14.3 Å². The Morgan fingerprint density at radius 3 is 2.11 bits per heavy atom. The molecule has 0 unspecified atom stereocenters. The molecule has 0 atom stereocenters. The Morgan fingerprint density at radius 2 is 1.59 bits per heavy atom. The maximum absolute atomic E-state index is 11.6. The van der Waals surface area contributed by atoms with E-state index in [2.05, 4.69) is 24.4 Å². The van der Waals surface area contributed by atoms with Crippen LogP contribution >= 0.6 is 11.8 Å². The molecule has 5 nitrogen and oxygen atoms in total. The Balaban J connectivity index is 1.40. The molecule has 1 amide bonds. The van der Waals surface area contributed by atoms with E-state index < -0.39 is 0 Å². The zero-order valence-electron chi connectivity index (χ0n) is 15.2. The van der Waals surface area contributed by atoms with Crippen LogP contribution in [0.4, 0.5) is 0 Å². The molecular formula is C21H22N2O3S. The molecule has 140 valence electrons. The number of rotatable bonds is 8. The standard InChI is InChI=1S/C21H22N2O3S/c1-2-15-4-8-17(9-5-15)25-12-3-13-26-18-10-6-16(7-11-18)14-19-20(24)23-21(22)27-19/h4-11,14H,2-3,12-13H2,1H3,(H2,22,23,24). The Hall–Kier alpha value is -2.73. The molecule has 1 aliphatic rings. The number of hydrogen-bond donors (Lipinski definition) is 2. The van der Waals surface area contributed by atoms with E-state index in [-0.39, 0.29) is 11.1 Å².